The molecule has 0 atom stereocenters. The normalized spacial score (nSPS) is 14.7. The third-order valence-electron chi connectivity index (χ3n) is 5.00. The summed E-state index contributed by atoms with van der Waals surface area (Å²) in [7, 11) is 0. The Morgan fingerprint density at radius 3 is 2.71 bits per heavy atom. The third kappa shape index (κ3) is 5.06. The first-order valence-electron chi connectivity index (χ1n) is 10.2. The fourth-order valence-corrected chi connectivity index (χ4v) is 4.60. The topological polar surface area (TPSA) is 64.5 Å². The summed E-state index contributed by atoms with van der Waals surface area (Å²) in [5, 5.41) is -0.142. The summed E-state index contributed by atoms with van der Waals surface area (Å²) in [6.07, 6.45) is 2.66. The van der Waals surface area contributed by atoms with E-state index in [2.05, 4.69) is 9.97 Å². The van der Waals surface area contributed by atoms with E-state index in [1.807, 2.05) is 39.0 Å². The number of nitrogens with zero attached hydrogens (tertiary/aromatic N) is 3. The summed E-state index contributed by atoms with van der Waals surface area (Å²) in [5.74, 6) is -0.673. The Bertz CT molecular complexity index is 1330. The Kier molecular flexibility index (Phi) is 7.16. The van der Waals surface area contributed by atoms with E-state index in [9.17, 15) is 9.18 Å². The number of anilines is 1. The number of aryl methyl sites for hydroxylation is 2. The predicted octanol–water partition coefficient (Wildman–Crippen LogP) is 6.48. The number of hydrogen-bond donors (Lipinski definition) is 0. The number of benzene rings is 2. The molecule has 0 radical (unpaired) electrons. The number of aromatic nitrogens is 2. The van der Waals surface area contributed by atoms with Crippen molar-refractivity contribution in [1.82, 2.24) is 9.97 Å². The molecule has 1 saturated heterocycles. The van der Waals surface area contributed by atoms with Crippen LogP contribution in [0.4, 0.5) is 10.1 Å². The Morgan fingerprint density at radius 2 is 1.97 bits per heavy atom. The van der Waals surface area contributed by atoms with Crippen LogP contribution in [0.5, 0.6) is 17.4 Å². The van der Waals surface area contributed by atoms with E-state index in [4.69, 9.17) is 33.3 Å². The van der Waals surface area contributed by atoms with E-state index in [-0.39, 0.29) is 22.8 Å². The number of ether oxygens (including phenoxy) is 2. The van der Waals surface area contributed by atoms with E-state index in [0.717, 1.165) is 23.0 Å². The second kappa shape index (κ2) is 10.1. The van der Waals surface area contributed by atoms with Gasteiger partial charge in [0.1, 0.15) is 0 Å². The Hall–Kier alpha value is -3.01. The van der Waals surface area contributed by atoms with Crippen molar-refractivity contribution < 1.29 is 18.7 Å². The van der Waals surface area contributed by atoms with Gasteiger partial charge in [-0.15, -0.1) is 0 Å². The molecule has 0 spiro atoms. The molecule has 1 aromatic heterocycles. The number of carbonyl (C=O) groups is 1. The van der Waals surface area contributed by atoms with Crippen LogP contribution in [0, 0.1) is 19.7 Å². The van der Waals surface area contributed by atoms with Crippen molar-refractivity contribution in [3.05, 3.63) is 75.3 Å². The largest absolute Gasteiger partial charge is 0.490 e. The van der Waals surface area contributed by atoms with Crippen LogP contribution < -0.4 is 14.4 Å². The minimum Gasteiger partial charge on any atom is -0.490 e. The molecule has 3 aromatic rings. The van der Waals surface area contributed by atoms with Gasteiger partial charge in [0.2, 0.25) is 11.1 Å². The lowest BCUT2D eigenvalue weighted by atomic mass is 10.1. The molecule has 1 aliphatic rings. The second-order valence-electron chi connectivity index (χ2n) is 7.32. The number of hydrogen-bond acceptors (Lipinski definition) is 7. The average Bonchev–Trinajstić information content (AvgIpc) is 3.07. The van der Waals surface area contributed by atoms with Gasteiger partial charge < -0.3 is 9.47 Å². The first-order chi connectivity index (χ1) is 16.3. The van der Waals surface area contributed by atoms with Gasteiger partial charge >= 0.3 is 0 Å². The molecule has 1 fully saturated rings. The summed E-state index contributed by atoms with van der Waals surface area (Å²) in [4.78, 5) is 22.5. The molecular weight excluding hydrogens is 497 g/mol. The lowest BCUT2D eigenvalue weighted by molar-refractivity contribution is -0.113. The van der Waals surface area contributed by atoms with Crippen molar-refractivity contribution >= 4 is 57.6 Å². The third-order valence-corrected chi connectivity index (χ3v) is 6.48. The van der Waals surface area contributed by atoms with Gasteiger partial charge in [0, 0.05) is 0 Å². The molecule has 0 aliphatic carbocycles. The fourth-order valence-electron chi connectivity index (χ4n) is 3.18. The molecule has 2 heterocycles. The molecule has 4 rings (SSSR count). The summed E-state index contributed by atoms with van der Waals surface area (Å²) in [6.45, 7) is 6.17. The molecule has 0 N–H and O–H groups in total. The molecule has 0 unspecified atom stereocenters. The minimum absolute atomic E-state index is 0.142. The number of thiocarbonyl (C=S) groups is 1. The average molecular weight is 516 g/mol. The lowest BCUT2D eigenvalue weighted by Gasteiger charge is -2.16. The Labute approximate surface area is 210 Å². The van der Waals surface area contributed by atoms with Crippen molar-refractivity contribution in [3.63, 3.8) is 0 Å². The SMILES string of the molecule is CCOc1cc(C=C2SC(=S)N(c3ccc(C)c(C)c3)C2=O)ccc1Oc1nc(Cl)ncc1F. The molecule has 2 aromatic carbocycles. The maximum Gasteiger partial charge on any atom is 0.270 e. The van der Waals surface area contributed by atoms with E-state index in [1.54, 1.807) is 24.3 Å². The minimum atomic E-state index is -0.758. The van der Waals surface area contributed by atoms with Gasteiger partial charge in [-0.25, -0.2) is 4.98 Å². The van der Waals surface area contributed by atoms with E-state index in [0.29, 0.717) is 27.1 Å². The van der Waals surface area contributed by atoms with Crippen molar-refractivity contribution in [2.45, 2.75) is 20.8 Å². The first-order valence-corrected chi connectivity index (χ1v) is 11.8. The summed E-state index contributed by atoms with van der Waals surface area (Å²) in [6, 6.07) is 10.8. The Morgan fingerprint density at radius 1 is 1.18 bits per heavy atom. The van der Waals surface area contributed by atoms with Gasteiger partial charge in [-0.1, -0.05) is 36.1 Å². The zero-order valence-electron chi connectivity index (χ0n) is 18.5. The van der Waals surface area contributed by atoms with Gasteiger partial charge in [0.05, 0.1) is 23.4 Å². The Balaban J connectivity index is 1.63. The number of rotatable bonds is 6. The quantitative estimate of drug-likeness (QED) is 0.211. The van der Waals surface area contributed by atoms with E-state index in [1.165, 1.54) is 16.7 Å². The highest BCUT2D eigenvalue weighted by Gasteiger charge is 2.33. The standard InChI is InChI=1S/C24H19ClFN3O3S2/c1-4-31-19-10-15(6-8-18(19)32-21-17(26)12-27-23(25)28-21)11-20-22(30)29(24(33)34-20)16-7-5-13(2)14(3)9-16/h5-12H,4H2,1-3H3. The monoisotopic (exact) mass is 515 g/mol. The van der Waals surface area contributed by atoms with Crippen LogP contribution in [0.25, 0.3) is 6.08 Å². The van der Waals surface area contributed by atoms with Crippen LogP contribution >= 0.6 is 35.6 Å². The van der Waals surface area contributed by atoms with E-state index >= 15 is 0 Å². The van der Waals surface area contributed by atoms with Gasteiger partial charge in [0.25, 0.3) is 11.8 Å². The molecule has 10 heteroatoms. The van der Waals surface area contributed by atoms with Crippen LogP contribution in [-0.2, 0) is 4.79 Å². The number of carbonyl (C=O) groups excluding carboxylic acids is 1. The molecular formula is C24H19ClFN3O3S2. The summed E-state index contributed by atoms with van der Waals surface area (Å²) >= 11 is 12.4. The first kappa shape index (κ1) is 24.1. The molecule has 174 valence electrons. The second-order valence-corrected chi connectivity index (χ2v) is 9.33. The smallest absolute Gasteiger partial charge is 0.270 e. The van der Waals surface area contributed by atoms with Crippen molar-refractivity contribution in [1.29, 1.82) is 0 Å². The zero-order valence-corrected chi connectivity index (χ0v) is 20.9. The zero-order chi connectivity index (χ0) is 24.4. The highest BCUT2D eigenvalue weighted by molar-refractivity contribution is 8.27. The number of halogens is 2. The number of thioether (sulfide) groups is 1. The highest BCUT2D eigenvalue weighted by atomic mass is 35.5. The highest BCUT2D eigenvalue weighted by Crippen LogP contribution is 2.38. The molecule has 6 nitrogen and oxygen atoms in total. The van der Waals surface area contributed by atoms with Gasteiger partial charge in [-0.05, 0) is 79.4 Å². The summed E-state index contributed by atoms with van der Waals surface area (Å²) < 4.78 is 25.7. The van der Waals surface area contributed by atoms with Crippen LogP contribution in [0.2, 0.25) is 5.28 Å². The van der Waals surface area contributed by atoms with Crippen molar-refractivity contribution in [3.8, 4) is 17.4 Å². The van der Waals surface area contributed by atoms with E-state index < -0.39 is 5.82 Å². The summed E-state index contributed by atoms with van der Waals surface area (Å²) in [5.41, 5.74) is 3.64. The van der Waals surface area contributed by atoms with Crippen LogP contribution in [0.15, 0.2) is 47.5 Å². The fraction of sp³-hybridized carbons (Fsp3) is 0.167. The molecule has 0 bridgehead atoms. The molecule has 0 saturated carbocycles. The van der Waals surface area contributed by atoms with Gasteiger partial charge in [0.15, 0.2) is 15.8 Å². The molecule has 34 heavy (non-hydrogen) atoms. The maximum atomic E-state index is 14.0. The van der Waals surface area contributed by atoms with Crippen LogP contribution in [0.3, 0.4) is 0 Å². The molecule has 1 amide bonds. The maximum absolute atomic E-state index is 14.0. The lowest BCUT2D eigenvalue weighted by Crippen LogP contribution is -2.27. The number of amides is 1. The van der Waals surface area contributed by atoms with Crippen molar-refractivity contribution in [2.24, 2.45) is 0 Å². The predicted molar refractivity (Wildman–Crippen MR) is 136 cm³/mol. The van der Waals surface area contributed by atoms with Gasteiger partial charge in [-0.2, -0.15) is 9.37 Å². The van der Waals surface area contributed by atoms with Crippen LogP contribution in [-0.4, -0.2) is 26.8 Å². The van der Waals surface area contributed by atoms with Gasteiger partial charge in [-0.3, -0.25) is 9.69 Å². The molecule has 1 aliphatic heterocycles. The van der Waals surface area contributed by atoms with Crippen molar-refractivity contribution in [2.75, 3.05) is 11.5 Å². The van der Waals surface area contributed by atoms with Crippen LogP contribution in [0.1, 0.15) is 23.6 Å².